The molecule has 3 aromatic carbocycles. The van der Waals surface area contributed by atoms with Crippen molar-refractivity contribution in [2.24, 2.45) is 0 Å². The van der Waals surface area contributed by atoms with E-state index < -0.39 is 4.92 Å². The van der Waals surface area contributed by atoms with Gasteiger partial charge in [0.15, 0.2) is 0 Å². The minimum absolute atomic E-state index is 0.121. The summed E-state index contributed by atoms with van der Waals surface area (Å²) < 4.78 is 13.3. The van der Waals surface area contributed by atoms with Crippen LogP contribution in [0.2, 0.25) is 0 Å². The first kappa shape index (κ1) is 20.6. The van der Waals surface area contributed by atoms with Gasteiger partial charge in [-0.3, -0.25) is 14.9 Å². The van der Waals surface area contributed by atoms with Crippen LogP contribution in [0.1, 0.15) is 10.4 Å². The maximum atomic E-state index is 13.3. The number of thioether (sulfide) groups is 1. The summed E-state index contributed by atoms with van der Waals surface area (Å²) in [5, 5.41) is 14.7. The zero-order chi connectivity index (χ0) is 21.8. The summed E-state index contributed by atoms with van der Waals surface area (Å²) in [5.74, 6) is -0.0589. The second-order valence-corrected chi connectivity index (χ2v) is 7.90. The summed E-state index contributed by atoms with van der Waals surface area (Å²) >= 11 is 1.58. The molecule has 0 bridgehead atoms. The van der Waals surface area contributed by atoms with Crippen LogP contribution in [0.15, 0.2) is 77.7 Å². The highest BCUT2D eigenvalue weighted by Crippen LogP contribution is 2.37. The smallest absolute Gasteiger partial charge is 0.270 e. The SMILES string of the molecule is O=C(NCCSc1c(-c2ccc(F)cc2)[nH]c2ccccc12)c1cccc([N+](=O)[O-])c1. The number of H-pyrrole nitrogens is 1. The Hall–Kier alpha value is -3.65. The minimum atomic E-state index is -0.527. The Morgan fingerprint density at radius 3 is 2.61 bits per heavy atom. The first-order chi connectivity index (χ1) is 15.0. The molecule has 0 aliphatic heterocycles. The number of non-ortho nitro benzene ring substituents is 1. The van der Waals surface area contributed by atoms with Crippen molar-refractivity contribution in [2.45, 2.75) is 4.90 Å². The number of rotatable bonds is 7. The number of halogens is 1. The van der Waals surface area contributed by atoms with E-state index in [4.69, 9.17) is 0 Å². The first-order valence-electron chi connectivity index (χ1n) is 9.55. The van der Waals surface area contributed by atoms with Gasteiger partial charge in [-0.05, 0) is 42.0 Å². The number of nitrogens with one attached hydrogen (secondary N) is 2. The molecule has 1 aromatic heterocycles. The van der Waals surface area contributed by atoms with Crippen LogP contribution in [0, 0.1) is 15.9 Å². The monoisotopic (exact) mass is 435 g/mol. The van der Waals surface area contributed by atoms with Gasteiger partial charge in [0.05, 0.1) is 10.6 Å². The molecule has 6 nitrogen and oxygen atoms in total. The lowest BCUT2D eigenvalue weighted by atomic mass is 10.1. The zero-order valence-corrected chi connectivity index (χ0v) is 17.1. The number of carbonyl (C=O) groups is 1. The fourth-order valence-corrected chi connectivity index (χ4v) is 4.32. The third-order valence-electron chi connectivity index (χ3n) is 4.74. The molecule has 31 heavy (non-hydrogen) atoms. The molecule has 156 valence electrons. The summed E-state index contributed by atoms with van der Waals surface area (Å²) in [7, 11) is 0. The lowest BCUT2D eigenvalue weighted by Gasteiger charge is -2.07. The summed E-state index contributed by atoms with van der Waals surface area (Å²) in [4.78, 5) is 27.1. The van der Waals surface area contributed by atoms with Crippen LogP contribution < -0.4 is 5.32 Å². The van der Waals surface area contributed by atoms with Crippen LogP contribution in [-0.2, 0) is 0 Å². The van der Waals surface area contributed by atoms with Crippen LogP contribution in [0.5, 0.6) is 0 Å². The van der Waals surface area contributed by atoms with Gasteiger partial charge >= 0.3 is 0 Å². The molecular weight excluding hydrogens is 417 g/mol. The number of amides is 1. The normalized spacial score (nSPS) is 10.9. The van der Waals surface area contributed by atoms with Crippen molar-refractivity contribution in [3.63, 3.8) is 0 Å². The third kappa shape index (κ3) is 4.59. The summed E-state index contributed by atoms with van der Waals surface area (Å²) in [5.41, 5.74) is 2.88. The first-order valence-corrected chi connectivity index (χ1v) is 10.5. The van der Waals surface area contributed by atoms with E-state index in [2.05, 4.69) is 10.3 Å². The second kappa shape index (κ2) is 9.01. The Morgan fingerprint density at radius 1 is 1.06 bits per heavy atom. The number of aromatic amines is 1. The summed E-state index contributed by atoms with van der Waals surface area (Å²) in [6.07, 6.45) is 0. The number of fused-ring (bicyclic) bond motifs is 1. The van der Waals surface area contributed by atoms with Crippen molar-refractivity contribution in [1.82, 2.24) is 10.3 Å². The number of nitrogens with zero attached hydrogens (tertiary/aromatic N) is 1. The van der Waals surface area contributed by atoms with E-state index in [1.807, 2.05) is 24.3 Å². The molecule has 0 atom stereocenters. The number of benzene rings is 3. The van der Waals surface area contributed by atoms with Crippen molar-refractivity contribution in [2.75, 3.05) is 12.3 Å². The fraction of sp³-hybridized carbons (Fsp3) is 0.0870. The Bertz CT molecular complexity index is 1250. The number of para-hydroxylation sites is 1. The van der Waals surface area contributed by atoms with Gasteiger partial charge in [-0.1, -0.05) is 24.3 Å². The van der Waals surface area contributed by atoms with E-state index in [-0.39, 0.29) is 23.0 Å². The number of nitro benzene ring substituents is 1. The summed E-state index contributed by atoms with van der Waals surface area (Å²) in [6.45, 7) is 0.383. The lowest BCUT2D eigenvalue weighted by molar-refractivity contribution is -0.384. The van der Waals surface area contributed by atoms with E-state index in [1.165, 1.54) is 30.3 Å². The number of nitro groups is 1. The fourth-order valence-electron chi connectivity index (χ4n) is 3.27. The van der Waals surface area contributed by atoms with Crippen LogP contribution in [0.3, 0.4) is 0 Å². The molecule has 0 fully saturated rings. The van der Waals surface area contributed by atoms with Crippen LogP contribution >= 0.6 is 11.8 Å². The summed E-state index contributed by atoms with van der Waals surface area (Å²) in [6, 6.07) is 19.9. The Morgan fingerprint density at radius 2 is 1.84 bits per heavy atom. The molecule has 2 N–H and O–H groups in total. The Labute approximate surface area is 181 Å². The van der Waals surface area contributed by atoms with E-state index >= 15 is 0 Å². The third-order valence-corrected chi connectivity index (χ3v) is 5.87. The van der Waals surface area contributed by atoms with E-state index in [0.29, 0.717) is 12.3 Å². The minimum Gasteiger partial charge on any atom is -0.354 e. The van der Waals surface area contributed by atoms with Crippen LogP contribution in [0.25, 0.3) is 22.2 Å². The topological polar surface area (TPSA) is 88.0 Å². The molecule has 1 amide bonds. The molecule has 8 heteroatoms. The molecule has 0 unspecified atom stereocenters. The highest BCUT2D eigenvalue weighted by molar-refractivity contribution is 7.99. The molecule has 0 saturated heterocycles. The molecule has 0 saturated carbocycles. The van der Waals surface area contributed by atoms with Crippen molar-refractivity contribution in [3.8, 4) is 11.3 Å². The van der Waals surface area contributed by atoms with Gasteiger partial charge in [-0.15, -0.1) is 11.8 Å². The zero-order valence-electron chi connectivity index (χ0n) is 16.3. The van der Waals surface area contributed by atoms with Crippen LogP contribution in [-0.4, -0.2) is 28.1 Å². The van der Waals surface area contributed by atoms with E-state index in [1.54, 1.807) is 30.0 Å². The number of hydrogen-bond donors (Lipinski definition) is 2. The predicted molar refractivity (Wildman–Crippen MR) is 120 cm³/mol. The van der Waals surface area contributed by atoms with E-state index in [0.717, 1.165) is 27.1 Å². The Kier molecular flexibility index (Phi) is 5.99. The standard InChI is InChI=1S/C23H18FN3O3S/c24-17-10-8-15(9-11-17)21-22(19-6-1-2-7-20(19)26-21)31-13-12-25-23(28)16-4-3-5-18(14-16)27(29)30/h1-11,14,26H,12-13H2,(H,25,28). The van der Waals surface area contributed by atoms with E-state index in [9.17, 15) is 19.3 Å². The van der Waals surface area contributed by atoms with Gasteiger partial charge in [0.25, 0.3) is 11.6 Å². The maximum Gasteiger partial charge on any atom is 0.270 e. The highest BCUT2D eigenvalue weighted by Gasteiger charge is 2.15. The molecule has 0 radical (unpaired) electrons. The van der Waals surface area contributed by atoms with Gasteiger partial charge < -0.3 is 10.3 Å². The average Bonchev–Trinajstić information content (AvgIpc) is 3.15. The van der Waals surface area contributed by atoms with Crippen molar-refractivity contribution in [1.29, 1.82) is 0 Å². The maximum absolute atomic E-state index is 13.3. The molecule has 0 aliphatic rings. The predicted octanol–water partition coefficient (Wildman–Crippen LogP) is 5.40. The molecule has 0 spiro atoms. The van der Waals surface area contributed by atoms with Gasteiger partial charge in [0.1, 0.15) is 5.82 Å². The van der Waals surface area contributed by atoms with Gasteiger partial charge in [-0.25, -0.2) is 4.39 Å². The molecule has 4 rings (SSSR count). The molecular formula is C23H18FN3O3S. The van der Waals surface area contributed by atoms with Gasteiger partial charge in [0, 0.05) is 45.8 Å². The molecule has 1 heterocycles. The number of carbonyl (C=O) groups excluding carboxylic acids is 1. The van der Waals surface area contributed by atoms with Crippen molar-refractivity contribution >= 4 is 34.3 Å². The Balaban J connectivity index is 1.47. The average molecular weight is 435 g/mol. The lowest BCUT2D eigenvalue weighted by Crippen LogP contribution is -2.25. The largest absolute Gasteiger partial charge is 0.354 e. The van der Waals surface area contributed by atoms with Crippen LogP contribution in [0.4, 0.5) is 10.1 Å². The quantitative estimate of drug-likeness (QED) is 0.176. The van der Waals surface area contributed by atoms with Gasteiger partial charge in [-0.2, -0.15) is 0 Å². The number of hydrogen-bond acceptors (Lipinski definition) is 4. The second-order valence-electron chi connectivity index (χ2n) is 6.79. The van der Waals surface area contributed by atoms with Gasteiger partial charge in [0.2, 0.25) is 0 Å². The number of aromatic nitrogens is 1. The van der Waals surface area contributed by atoms with Crippen molar-refractivity contribution in [3.05, 3.63) is 94.3 Å². The van der Waals surface area contributed by atoms with Crippen molar-refractivity contribution < 1.29 is 14.1 Å². The highest BCUT2D eigenvalue weighted by atomic mass is 32.2. The molecule has 0 aliphatic carbocycles. The molecule has 4 aromatic rings.